The van der Waals surface area contributed by atoms with Gasteiger partial charge in [0.15, 0.2) is 11.5 Å². The fraction of sp³-hybridized carbons (Fsp3) is 0.217. The molecule has 30 heavy (non-hydrogen) atoms. The minimum atomic E-state index is -1.07. The number of carboxylic acid groups (broad SMARTS) is 1. The summed E-state index contributed by atoms with van der Waals surface area (Å²) in [6.07, 6.45) is 0.349. The Kier molecular flexibility index (Phi) is 6.40. The number of nitrogens with zero attached hydrogens (tertiary/aromatic N) is 1. The summed E-state index contributed by atoms with van der Waals surface area (Å²) in [6.45, 7) is -0.0271. The monoisotopic (exact) mass is 407 g/mol. The highest BCUT2D eigenvalue weighted by Crippen LogP contribution is 2.41. The number of hydrogen-bond acceptors (Lipinski definition) is 6. The van der Waals surface area contributed by atoms with Crippen LogP contribution in [0.3, 0.4) is 0 Å². The topological polar surface area (TPSA) is 98.1 Å². The van der Waals surface area contributed by atoms with Crippen LogP contribution in [0.4, 0.5) is 0 Å². The normalized spacial score (nSPS) is 10.3. The van der Waals surface area contributed by atoms with Gasteiger partial charge in [-0.2, -0.15) is 0 Å². The maximum atomic E-state index is 12.0. The molecule has 3 aromatic rings. The second-order valence-electron chi connectivity index (χ2n) is 6.28. The molecule has 0 fully saturated rings. The van der Waals surface area contributed by atoms with Crippen LogP contribution in [0, 0.1) is 11.8 Å². The Balaban J connectivity index is 2.20. The number of hydrogen-bond donors (Lipinski definition) is 2. The van der Waals surface area contributed by atoms with Crippen LogP contribution in [0.15, 0.2) is 36.4 Å². The molecule has 3 rings (SSSR count). The van der Waals surface area contributed by atoms with Gasteiger partial charge in [0.05, 0.1) is 44.7 Å². The third kappa shape index (κ3) is 4.14. The molecule has 0 radical (unpaired) electrons. The van der Waals surface area contributed by atoms with Crippen molar-refractivity contribution in [2.75, 3.05) is 27.9 Å². The van der Waals surface area contributed by atoms with Crippen molar-refractivity contribution in [2.24, 2.45) is 0 Å². The first-order chi connectivity index (χ1) is 14.5. The number of aliphatic hydroxyl groups excluding tert-OH is 1. The zero-order valence-corrected chi connectivity index (χ0v) is 16.9. The van der Waals surface area contributed by atoms with Gasteiger partial charge in [0.1, 0.15) is 0 Å². The van der Waals surface area contributed by atoms with Gasteiger partial charge in [-0.25, -0.2) is 9.78 Å². The van der Waals surface area contributed by atoms with Gasteiger partial charge in [-0.3, -0.25) is 0 Å². The van der Waals surface area contributed by atoms with Gasteiger partial charge in [-0.15, -0.1) is 0 Å². The molecule has 1 aromatic heterocycles. The molecule has 0 atom stereocenters. The van der Waals surface area contributed by atoms with Crippen molar-refractivity contribution >= 4 is 16.9 Å². The lowest BCUT2D eigenvalue weighted by atomic mass is 10.0. The summed E-state index contributed by atoms with van der Waals surface area (Å²) in [7, 11) is 4.53. The number of pyridine rings is 1. The Bertz CT molecular complexity index is 1130. The van der Waals surface area contributed by atoms with Gasteiger partial charge in [0.2, 0.25) is 5.75 Å². The minimum absolute atomic E-state index is 0.0271. The lowest BCUT2D eigenvalue weighted by molar-refractivity contribution is 0.0699. The van der Waals surface area contributed by atoms with Gasteiger partial charge >= 0.3 is 5.97 Å². The van der Waals surface area contributed by atoms with Crippen molar-refractivity contribution < 1.29 is 29.2 Å². The number of benzene rings is 2. The molecule has 0 saturated carbocycles. The fourth-order valence-electron chi connectivity index (χ4n) is 3.08. The molecule has 1 heterocycles. The number of aliphatic hydroxyl groups is 1. The third-order valence-electron chi connectivity index (χ3n) is 4.47. The summed E-state index contributed by atoms with van der Waals surface area (Å²) in [5.74, 6) is 6.00. The van der Waals surface area contributed by atoms with Gasteiger partial charge in [0.25, 0.3) is 0 Å². The molecule has 7 heteroatoms. The van der Waals surface area contributed by atoms with Crippen molar-refractivity contribution in [3.8, 4) is 40.3 Å². The van der Waals surface area contributed by atoms with Crippen LogP contribution in [0.5, 0.6) is 17.2 Å². The predicted octanol–water partition coefficient (Wildman–Crippen LogP) is 3.36. The van der Waals surface area contributed by atoms with E-state index < -0.39 is 5.97 Å². The second kappa shape index (κ2) is 9.16. The summed E-state index contributed by atoms with van der Waals surface area (Å²) in [4.78, 5) is 16.6. The molecular weight excluding hydrogens is 386 g/mol. The number of carbonyl (C=O) groups is 1. The average molecular weight is 407 g/mol. The van der Waals surface area contributed by atoms with Crippen LogP contribution in [-0.2, 0) is 0 Å². The lowest BCUT2D eigenvalue weighted by Gasteiger charge is -2.14. The van der Waals surface area contributed by atoms with Crippen molar-refractivity contribution in [3.63, 3.8) is 0 Å². The summed E-state index contributed by atoms with van der Waals surface area (Å²) in [5.41, 5.74) is 2.36. The quantitative estimate of drug-likeness (QED) is 0.605. The van der Waals surface area contributed by atoms with E-state index in [9.17, 15) is 9.90 Å². The van der Waals surface area contributed by atoms with E-state index in [2.05, 4.69) is 16.8 Å². The Hall–Kier alpha value is -3.76. The zero-order chi connectivity index (χ0) is 21.7. The van der Waals surface area contributed by atoms with E-state index in [4.69, 9.17) is 19.3 Å². The highest BCUT2D eigenvalue weighted by molar-refractivity contribution is 6.04. The smallest absolute Gasteiger partial charge is 0.336 e. The molecule has 0 aliphatic carbocycles. The number of aromatic nitrogens is 1. The van der Waals surface area contributed by atoms with Crippen LogP contribution in [0.2, 0.25) is 0 Å². The van der Waals surface area contributed by atoms with E-state index in [-0.39, 0.29) is 12.2 Å². The minimum Gasteiger partial charge on any atom is -0.493 e. The first kappa shape index (κ1) is 21.0. The van der Waals surface area contributed by atoms with Crippen LogP contribution >= 0.6 is 0 Å². The van der Waals surface area contributed by atoms with Crippen LogP contribution in [-0.4, -0.2) is 49.1 Å². The first-order valence-electron chi connectivity index (χ1n) is 9.10. The van der Waals surface area contributed by atoms with Crippen molar-refractivity contribution in [1.82, 2.24) is 4.98 Å². The zero-order valence-electron chi connectivity index (χ0n) is 16.9. The largest absolute Gasteiger partial charge is 0.493 e. The summed E-state index contributed by atoms with van der Waals surface area (Å²) in [5, 5.41) is 19.1. The van der Waals surface area contributed by atoms with Crippen LogP contribution < -0.4 is 14.2 Å². The standard InChI is InChI=1S/C23H21NO6/c1-28-20-11-15(12-21(29-2)22(20)30-3)19-13-17(23(26)27)16-10-14(6-4-5-9-25)7-8-18(16)24-19/h7-8,10-13,25H,5,9H2,1-3H3,(H,26,27). The number of ether oxygens (including phenoxy) is 3. The van der Waals surface area contributed by atoms with E-state index in [0.29, 0.717) is 51.4 Å². The molecule has 0 aliphatic rings. The van der Waals surface area contributed by atoms with Crippen molar-refractivity contribution in [1.29, 1.82) is 0 Å². The van der Waals surface area contributed by atoms with Crippen molar-refractivity contribution in [2.45, 2.75) is 6.42 Å². The molecule has 154 valence electrons. The van der Waals surface area contributed by atoms with Crippen LogP contribution in [0.1, 0.15) is 22.3 Å². The van der Waals surface area contributed by atoms with Crippen LogP contribution in [0.25, 0.3) is 22.2 Å². The summed E-state index contributed by atoms with van der Waals surface area (Å²) in [6, 6.07) is 10.1. The van der Waals surface area contributed by atoms with E-state index in [1.165, 1.54) is 27.4 Å². The molecule has 0 unspecified atom stereocenters. The number of rotatable bonds is 6. The predicted molar refractivity (Wildman–Crippen MR) is 112 cm³/mol. The molecule has 0 amide bonds. The van der Waals surface area contributed by atoms with E-state index in [1.807, 2.05) is 0 Å². The number of carboxylic acids is 1. The maximum absolute atomic E-state index is 12.0. The number of aromatic carboxylic acids is 1. The van der Waals surface area contributed by atoms with Gasteiger partial charge in [-0.1, -0.05) is 11.8 Å². The molecule has 2 aromatic carbocycles. The summed E-state index contributed by atoms with van der Waals surface area (Å²) < 4.78 is 16.1. The highest BCUT2D eigenvalue weighted by Gasteiger charge is 2.18. The van der Waals surface area contributed by atoms with E-state index in [1.54, 1.807) is 30.3 Å². The average Bonchev–Trinajstić information content (AvgIpc) is 2.77. The number of fused-ring (bicyclic) bond motifs is 1. The molecule has 0 spiro atoms. The van der Waals surface area contributed by atoms with Crippen molar-refractivity contribution in [3.05, 3.63) is 47.5 Å². The first-order valence-corrected chi connectivity index (χ1v) is 9.10. The highest BCUT2D eigenvalue weighted by atomic mass is 16.5. The van der Waals surface area contributed by atoms with E-state index >= 15 is 0 Å². The Morgan fingerprint density at radius 1 is 1.03 bits per heavy atom. The third-order valence-corrected chi connectivity index (χ3v) is 4.47. The second-order valence-corrected chi connectivity index (χ2v) is 6.28. The fourth-order valence-corrected chi connectivity index (χ4v) is 3.08. The molecule has 7 nitrogen and oxygen atoms in total. The molecule has 0 aliphatic heterocycles. The molecule has 0 bridgehead atoms. The number of methoxy groups -OCH3 is 3. The Labute approximate surface area is 173 Å². The maximum Gasteiger partial charge on any atom is 0.336 e. The molecule has 0 saturated heterocycles. The lowest BCUT2D eigenvalue weighted by Crippen LogP contribution is -2.01. The SMILES string of the molecule is COc1cc(-c2cc(C(=O)O)c3cc(C#CCCO)ccc3n2)cc(OC)c1OC. The van der Waals surface area contributed by atoms with E-state index in [0.717, 1.165) is 0 Å². The Morgan fingerprint density at radius 2 is 1.73 bits per heavy atom. The van der Waals surface area contributed by atoms with Gasteiger partial charge < -0.3 is 24.4 Å². The molecule has 2 N–H and O–H groups in total. The van der Waals surface area contributed by atoms with Gasteiger partial charge in [-0.05, 0) is 36.4 Å². The summed E-state index contributed by atoms with van der Waals surface area (Å²) >= 11 is 0. The Morgan fingerprint density at radius 3 is 2.30 bits per heavy atom. The van der Waals surface area contributed by atoms with Gasteiger partial charge in [0, 0.05) is 22.9 Å². The molecular formula is C23H21NO6.